The van der Waals surface area contributed by atoms with Crippen LogP contribution in [0.1, 0.15) is 32.0 Å². The lowest BCUT2D eigenvalue weighted by Crippen LogP contribution is -2.44. The minimum atomic E-state index is -0.921. The van der Waals surface area contributed by atoms with E-state index in [1.54, 1.807) is 27.0 Å². The summed E-state index contributed by atoms with van der Waals surface area (Å²) in [6, 6.07) is 12.3. The van der Waals surface area contributed by atoms with Crippen molar-refractivity contribution in [3.05, 3.63) is 59.9 Å². The highest BCUT2D eigenvalue weighted by Crippen LogP contribution is 2.29. The molecule has 1 aromatic carbocycles. The number of hydrogen-bond acceptors (Lipinski definition) is 5. The van der Waals surface area contributed by atoms with Crippen LogP contribution in [0.25, 0.3) is 0 Å². The molecule has 1 unspecified atom stereocenters. The van der Waals surface area contributed by atoms with Crippen LogP contribution in [0.5, 0.6) is 0 Å². The van der Waals surface area contributed by atoms with E-state index < -0.39 is 11.5 Å². The summed E-state index contributed by atoms with van der Waals surface area (Å²) in [6.07, 6.45) is 1.68. The highest BCUT2D eigenvalue weighted by molar-refractivity contribution is 6.20. The summed E-state index contributed by atoms with van der Waals surface area (Å²) in [5, 5.41) is 9.50. The van der Waals surface area contributed by atoms with Crippen molar-refractivity contribution in [1.29, 1.82) is 0 Å². The molecule has 0 saturated heterocycles. The van der Waals surface area contributed by atoms with Crippen LogP contribution in [0.2, 0.25) is 0 Å². The number of hydrogen-bond donors (Lipinski definition) is 1. The van der Waals surface area contributed by atoms with E-state index in [9.17, 15) is 14.7 Å². The van der Waals surface area contributed by atoms with Gasteiger partial charge < -0.3 is 10.0 Å². The maximum atomic E-state index is 13.0. The van der Waals surface area contributed by atoms with Crippen molar-refractivity contribution >= 4 is 23.1 Å². The molecule has 3 rings (SSSR count). The van der Waals surface area contributed by atoms with Gasteiger partial charge in [-0.1, -0.05) is 38.1 Å². The third kappa shape index (κ3) is 3.66. The molecule has 0 saturated carbocycles. The number of carbonyl (C=O) groups is 2. The molecule has 140 valence electrons. The van der Waals surface area contributed by atoms with Gasteiger partial charge in [0.25, 0.3) is 5.91 Å². The third-order valence-electron chi connectivity index (χ3n) is 4.76. The fourth-order valence-corrected chi connectivity index (χ4v) is 2.89. The van der Waals surface area contributed by atoms with Gasteiger partial charge in [0.2, 0.25) is 0 Å². The van der Waals surface area contributed by atoms with Crippen molar-refractivity contribution in [2.45, 2.75) is 26.8 Å². The van der Waals surface area contributed by atoms with Crippen molar-refractivity contribution in [2.75, 3.05) is 18.1 Å². The molecule has 0 aliphatic carbocycles. The van der Waals surface area contributed by atoms with E-state index in [0.29, 0.717) is 17.1 Å². The Morgan fingerprint density at radius 1 is 1.19 bits per heavy atom. The number of rotatable bonds is 5. The number of pyridine rings is 1. The van der Waals surface area contributed by atoms with Gasteiger partial charge in [-0.25, -0.2) is 0 Å². The lowest BCUT2D eigenvalue weighted by Gasteiger charge is -2.28. The number of anilines is 1. The Hall–Kier alpha value is -2.86. The summed E-state index contributed by atoms with van der Waals surface area (Å²) in [4.78, 5) is 36.2. The number of aliphatic hydroxyl groups excluding tert-OH is 1. The highest BCUT2D eigenvalue weighted by Gasteiger charge is 2.34. The Kier molecular flexibility index (Phi) is 5.19. The predicted molar refractivity (Wildman–Crippen MR) is 104 cm³/mol. The molecule has 0 bridgehead atoms. The first-order chi connectivity index (χ1) is 12.8. The number of carbonyl (C=O) groups excluding carboxylic acids is 2. The molecule has 2 aromatic rings. The quantitative estimate of drug-likeness (QED) is 0.881. The number of ketones is 1. The fourth-order valence-electron chi connectivity index (χ4n) is 2.89. The second-order valence-corrected chi connectivity index (χ2v) is 7.28. The van der Waals surface area contributed by atoms with Gasteiger partial charge in [-0.15, -0.1) is 0 Å². The number of nitrogens with zero attached hydrogens (tertiary/aromatic N) is 3. The monoisotopic (exact) mass is 365 g/mol. The summed E-state index contributed by atoms with van der Waals surface area (Å²) in [5.41, 5.74) is 1.76. The van der Waals surface area contributed by atoms with Crippen molar-refractivity contribution in [1.82, 2.24) is 4.98 Å². The number of benzene rings is 1. The minimum absolute atomic E-state index is 0.112. The van der Waals surface area contributed by atoms with Gasteiger partial charge in [-0.3, -0.25) is 19.6 Å². The number of para-hydroxylation sites is 1. The van der Waals surface area contributed by atoms with Crippen molar-refractivity contribution < 1.29 is 14.7 Å². The van der Waals surface area contributed by atoms with Gasteiger partial charge in [-0.2, -0.15) is 0 Å². The number of aromatic nitrogens is 1. The van der Waals surface area contributed by atoms with E-state index in [2.05, 4.69) is 9.98 Å². The molecule has 1 amide bonds. The Morgan fingerprint density at radius 2 is 1.89 bits per heavy atom. The lowest BCUT2D eigenvalue weighted by atomic mass is 9.88. The average molecular weight is 365 g/mol. The van der Waals surface area contributed by atoms with Crippen LogP contribution in [-0.4, -0.2) is 46.7 Å². The predicted octanol–water partition coefficient (Wildman–Crippen LogP) is 2.24. The van der Waals surface area contributed by atoms with Gasteiger partial charge >= 0.3 is 0 Å². The van der Waals surface area contributed by atoms with Crippen LogP contribution >= 0.6 is 0 Å². The molecule has 6 nitrogen and oxygen atoms in total. The number of benzodiazepines with no additional fused rings is 1. The van der Waals surface area contributed by atoms with Gasteiger partial charge in [0, 0.05) is 17.2 Å². The van der Waals surface area contributed by atoms with E-state index >= 15 is 0 Å². The largest absolute Gasteiger partial charge is 0.395 e. The van der Waals surface area contributed by atoms with Crippen LogP contribution in [0.15, 0.2) is 53.7 Å². The number of fused-ring (bicyclic) bond motifs is 1. The lowest BCUT2D eigenvalue weighted by molar-refractivity contribution is -0.129. The van der Waals surface area contributed by atoms with Crippen LogP contribution < -0.4 is 4.90 Å². The molecule has 0 radical (unpaired) electrons. The molecule has 1 aliphatic rings. The zero-order valence-corrected chi connectivity index (χ0v) is 15.7. The Balaban J connectivity index is 2.09. The molecular formula is C21H23N3O3. The minimum Gasteiger partial charge on any atom is -0.395 e. The number of Topliss-reactive ketones (excluding diaryl/α,β-unsaturated/α-hetero) is 1. The standard InChI is InChI=1S/C21H23N3O3/c1-14-20(27)24(12-18(26)21(2,3)13-25)17-10-5-4-8-15(17)19(23-14)16-9-6-7-11-22-16/h4-11,14,25H,12-13H2,1-3H3. The summed E-state index contributed by atoms with van der Waals surface area (Å²) >= 11 is 0. The van der Waals surface area contributed by atoms with Crippen molar-refractivity contribution in [3.8, 4) is 0 Å². The Bertz CT molecular complexity index is 891. The summed E-state index contributed by atoms with van der Waals surface area (Å²) in [6.45, 7) is 4.66. The smallest absolute Gasteiger partial charge is 0.251 e. The molecule has 2 heterocycles. The molecular weight excluding hydrogens is 342 g/mol. The van der Waals surface area contributed by atoms with Gasteiger partial charge in [0.15, 0.2) is 5.78 Å². The first-order valence-electron chi connectivity index (χ1n) is 8.89. The molecule has 0 spiro atoms. The van der Waals surface area contributed by atoms with Gasteiger partial charge in [-0.05, 0) is 25.1 Å². The van der Waals surface area contributed by atoms with Crippen LogP contribution in [0.3, 0.4) is 0 Å². The fraction of sp³-hybridized carbons (Fsp3) is 0.333. The topological polar surface area (TPSA) is 82.9 Å². The molecule has 1 aliphatic heterocycles. The van der Waals surface area contributed by atoms with E-state index in [1.807, 2.05) is 42.5 Å². The van der Waals surface area contributed by atoms with Gasteiger partial charge in [0.1, 0.15) is 6.04 Å². The summed E-state index contributed by atoms with van der Waals surface area (Å²) in [5.74, 6) is -0.461. The van der Waals surface area contributed by atoms with E-state index in [4.69, 9.17) is 0 Å². The molecule has 1 N–H and O–H groups in total. The SMILES string of the molecule is CC1N=C(c2ccccn2)c2ccccc2N(CC(=O)C(C)(C)CO)C1=O. The maximum Gasteiger partial charge on any atom is 0.251 e. The van der Waals surface area contributed by atoms with Crippen LogP contribution in [-0.2, 0) is 9.59 Å². The van der Waals surface area contributed by atoms with E-state index in [0.717, 1.165) is 5.56 Å². The Labute approximate surface area is 158 Å². The van der Waals surface area contributed by atoms with Crippen molar-refractivity contribution in [3.63, 3.8) is 0 Å². The average Bonchev–Trinajstić information content (AvgIpc) is 2.79. The first-order valence-corrected chi connectivity index (χ1v) is 8.89. The zero-order chi connectivity index (χ0) is 19.6. The van der Waals surface area contributed by atoms with Crippen LogP contribution in [0, 0.1) is 5.41 Å². The summed E-state index contributed by atoms with van der Waals surface area (Å²) < 4.78 is 0. The first kappa shape index (κ1) is 18.9. The highest BCUT2D eigenvalue weighted by atomic mass is 16.3. The number of aliphatic hydroxyl groups is 1. The van der Waals surface area contributed by atoms with E-state index in [1.165, 1.54) is 4.90 Å². The molecule has 6 heteroatoms. The number of aliphatic imine (C=N–C) groups is 1. The molecule has 0 fully saturated rings. The zero-order valence-electron chi connectivity index (χ0n) is 15.7. The van der Waals surface area contributed by atoms with Crippen molar-refractivity contribution in [2.24, 2.45) is 10.4 Å². The normalized spacial score (nSPS) is 17.2. The second kappa shape index (κ2) is 7.40. The summed E-state index contributed by atoms with van der Waals surface area (Å²) in [7, 11) is 0. The van der Waals surface area contributed by atoms with Crippen LogP contribution in [0.4, 0.5) is 5.69 Å². The third-order valence-corrected chi connectivity index (χ3v) is 4.76. The van der Waals surface area contributed by atoms with Gasteiger partial charge in [0.05, 0.1) is 30.2 Å². The second-order valence-electron chi connectivity index (χ2n) is 7.28. The number of amides is 1. The molecule has 1 aromatic heterocycles. The van der Waals surface area contributed by atoms with E-state index in [-0.39, 0.29) is 24.8 Å². The molecule has 1 atom stereocenters. The Morgan fingerprint density at radius 3 is 2.56 bits per heavy atom. The maximum absolute atomic E-state index is 13.0. The molecule has 27 heavy (non-hydrogen) atoms.